The van der Waals surface area contributed by atoms with Gasteiger partial charge in [0.05, 0.1) is 5.60 Å². The van der Waals surface area contributed by atoms with E-state index in [-0.39, 0.29) is 23.4 Å². The first-order valence-corrected chi connectivity index (χ1v) is 5.73. The molecule has 0 atom stereocenters. The molecule has 2 rings (SSSR count). The van der Waals surface area contributed by atoms with Crippen LogP contribution >= 0.6 is 11.6 Å². The quantitative estimate of drug-likeness (QED) is 0.853. The maximum Gasteiger partial charge on any atom is 0.287 e. The summed E-state index contributed by atoms with van der Waals surface area (Å²) in [7, 11) is 0. The third kappa shape index (κ3) is 2.57. The van der Waals surface area contributed by atoms with Crippen LogP contribution in [-0.2, 0) is 0 Å². The van der Waals surface area contributed by atoms with Crippen molar-refractivity contribution in [2.45, 2.75) is 31.3 Å². The van der Waals surface area contributed by atoms with Crippen molar-refractivity contribution in [1.29, 1.82) is 0 Å². The van der Waals surface area contributed by atoms with Crippen molar-refractivity contribution in [3.05, 3.63) is 23.1 Å². The van der Waals surface area contributed by atoms with E-state index in [9.17, 15) is 9.90 Å². The van der Waals surface area contributed by atoms with Gasteiger partial charge in [0.15, 0.2) is 11.0 Å². The van der Waals surface area contributed by atoms with Gasteiger partial charge in [-0.2, -0.15) is 0 Å². The summed E-state index contributed by atoms with van der Waals surface area (Å²) in [5.74, 6) is -0.168. The van der Waals surface area contributed by atoms with Gasteiger partial charge in [-0.3, -0.25) is 4.79 Å². The molecule has 88 valence electrons. The summed E-state index contributed by atoms with van der Waals surface area (Å²) in [6.07, 6.45) is 3.51. The first kappa shape index (κ1) is 11.5. The van der Waals surface area contributed by atoms with Gasteiger partial charge < -0.3 is 14.8 Å². The Hall–Kier alpha value is -1.00. The number of aliphatic hydroxyl groups is 1. The average molecular weight is 244 g/mol. The van der Waals surface area contributed by atoms with Crippen molar-refractivity contribution in [2.75, 3.05) is 6.54 Å². The highest BCUT2D eigenvalue weighted by Crippen LogP contribution is 2.28. The Balaban J connectivity index is 1.88. The van der Waals surface area contributed by atoms with Gasteiger partial charge in [-0.1, -0.05) is 12.8 Å². The smallest absolute Gasteiger partial charge is 0.287 e. The maximum absolute atomic E-state index is 11.6. The van der Waals surface area contributed by atoms with Crippen molar-refractivity contribution < 1.29 is 14.3 Å². The van der Waals surface area contributed by atoms with Gasteiger partial charge in [0.2, 0.25) is 0 Å². The molecule has 0 saturated heterocycles. The minimum atomic E-state index is -0.744. The number of carbonyl (C=O) groups excluding carboxylic acids is 1. The molecule has 2 N–H and O–H groups in total. The molecule has 0 aliphatic heterocycles. The Morgan fingerprint density at radius 3 is 2.75 bits per heavy atom. The topological polar surface area (TPSA) is 62.5 Å². The monoisotopic (exact) mass is 243 g/mol. The van der Waals surface area contributed by atoms with E-state index in [1.165, 1.54) is 12.1 Å². The number of rotatable bonds is 3. The van der Waals surface area contributed by atoms with Crippen LogP contribution in [0.4, 0.5) is 0 Å². The lowest BCUT2D eigenvalue weighted by molar-refractivity contribution is 0.0444. The van der Waals surface area contributed by atoms with Gasteiger partial charge in [0.1, 0.15) is 0 Å². The van der Waals surface area contributed by atoms with Gasteiger partial charge in [-0.05, 0) is 36.6 Å². The van der Waals surface area contributed by atoms with E-state index in [0.29, 0.717) is 0 Å². The standard InChI is InChI=1S/C11H14ClNO3/c12-9-4-3-8(16-9)10(14)13-7-11(15)5-1-2-6-11/h3-4,15H,1-2,5-7H2,(H,13,14). The molecule has 0 spiro atoms. The normalized spacial score (nSPS) is 18.6. The molecular weight excluding hydrogens is 230 g/mol. The predicted molar refractivity (Wildman–Crippen MR) is 59.5 cm³/mol. The Bertz CT molecular complexity index is 382. The van der Waals surface area contributed by atoms with E-state index in [2.05, 4.69) is 5.32 Å². The summed E-state index contributed by atoms with van der Waals surface area (Å²) in [4.78, 5) is 11.6. The lowest BCUT2D eigenvalue weighted by Gasteiger charge is -2.21. The largest absolute Gasteiger partial charge is 0.440 e. The van der Waals surface area contributed by atoms with E-state index in [1.807, 2.05) is 0 Å². The number of carbonyl (C=O) groups is 1. The summed E-state index contributed by atoms with van der Waals surface area (Å²) in [5, 5.41) is 12.9. The van der Waals surface area contributed by atoms with E-state index in [4.69, 9.17) is 16.0 Å². The minimum Gasteiger partial charge on any atom is -0.440 e. The highest BCUT2D eigenvalue weighted by Gasteiger charge is 2.31. The molecule has 1 aromatic heterocycles. The van der Waals surface area contributed by atoms with Crippen LogP contribution in [0.25, 0.3) is 0 Å². The molecular formula is C11H14ClNO3. The fourth-order valence-electron chi connectivity index (χ4n) is 1.98. The number of nitrogens with one attached hydrogen (secondary N) is 1. The summed E-state index contributed by atoms with van der Waals surface area (Å²) < 4.78 is 4.97. The Morgan fingerprint density at radius 1 is 1.50 bits per heavy atom. The molecule has 1 aliphatic carbocycles. The van der Waals surface area contributed by atoms with Crippen LogP contribution in [0.1, 0.15) is 36.2 Å². The van der Waals surface area contributed by atoms with E-state index < -0.39 is 5.60 Å². The van der Waals surface area contributed by atoms with Crippen LogP contribution in [0.3, 0.4) is 0 Å². The molecule has 1 amide bonds. The highest BCUT2D eigenvalue weighted by molar-refractivity contribution is 6.29. The Kier molecular flexibility index (Phi) is 3.21. The van der Waals surface area contributed by atoms with E-state index >= 15 is 0 Å². The van der Waals surface area contributed by atoms with Crippen LogP contribution in [0.5, 0.6) is 0 Å². The van der Waals surface area contributed by atoms with Crippen molar-refractivity contribution in [3.8, 4) is 0 Å². The fraction of sp³-hybridized carbons (Fsp3) is 0.545. The van der Waals surface area contributed by atoms with Crippen molar-refractivity contribution in [3.63, 3.8) is 0 Å². The first-order valence-electron chi connectivity index (χ1n) is 5.35. The zero-order valence-corrected chi connectivity index (χ0v) is 9.59. The third-order valence-electron chi connectivity index (χ3n) is 2.91. The second-order valence-electron chi connectivity index (χ2n) is 4.22. The SMILES string of the molecule is O=C(NCC1(O)CCCC1)c1ccc(Cl)o1. The Morgan fingerprint density at radius 2 is 2.19 bits per heavy atom. The summed E-state index contributed by atoms with van der Waals surface area (Å²) in [6.45, 7) is 0.268. The van der Waals surface area contributed by atoms with E-state index in [0.717, 1.165) is 25.7 Å². The maximum atomic E-state index is 11.6. The van der Waals surface area contributed by atoms with Gasteiger partial charge in [-0.15, -0.1) is 0 Å². The highest BCUT2D eigenvalue weighted by atomic mass is 35.5. The zero-order chi connectivity index (χ0) is 11.6. The van der Waals surface area contributed by atoms with E-state index in [1.54, 1.807) is 0 Å². The molecule has 1 fully saturated rings. The number of furan rings is 1. The summed E-state index contributed by atoms with van der Waals surface area (Å²) >= 11 is 5.56. The molecule has 0 unspecified atom stereocenters. The van der Waals surface area contributed by atoms with Gasteiger partial charge in [0.25, 0.3) is 5.91 Å². The van der Waals surface area contributed by atoms with Crippen LogP contribution in [0.2, 0.25) is 5.22 Å². The first-order chi connectivity index (χ1) is 7.59. The minimum absolute atomic E-state index is 0.173. The third-order valence-corrected chi connectivity index (χ3v) is 3.11. The lowest BCUT2D eigenvalue weighted by Crippen LogP contribution is -2.40. The number of hydrogen-bond acceptors (Lipinski definition) is 3. The molecule has 0 aromatic carbocycles. The zero-order valence-electron chi connectivity index (χ0n) is 8.83. The molecule has 4 nitrogen and oxygen atoms in total. The van der Waals surface area contributed by atoms with Crippen molar-refractivity contribution in [1.82, 2.24) is 5.32 Å². The lowest BCUT2D eigenvalue weighted by atomic mass is 10.0. The van der Waals surface area contributed by atoms with Gasteiger partial charge >= 0.3 is 0 Å². The van der Waals surface area contributed by atoms with Crippen molar-refractivity contribution >= 4 is 17.5 Å². The van der Waals surface area contributed by atoms with Crippen LogP contribution < -0.4 is 5.32 Å². The molecule has 1 aromatic rings. The number of halogens is 1. The second-order valence-corrected chi connectivity index (χ2v) is 4.59. The molecule has 5 heteroatoms. The predicted octanol–water partition coefficient (Wildman–Crippen LogP) is 1.97. The molecule has 0 bridgehead atoms. The Labute approximate surface area is 98.6 Å². The molecule has 16 heavy (non-hydrogen) atoms. The van der Waals surface area contributed by atoms with Gasteiger partial charge in [0, 0.05) is 6.54 Å². The van der Waals surface area contributed by atoms with Crippen LogP contribution in [0, 0.1) is 0 Å². The fourth-order valence-corrected chi connectivity index (χ4v) is 2.12. The second kappa shape index (κ2) is 4.47. The van der Waals surface area contributed by atoms with Crippen LogP contribution in [-0.4, -0.2) is 23.2 Å². The number of hydrogen-bond donors (Lipinski definition) is 2. The summed E-state index contributed by atoms with van der Waals surface area (Å²) in [5.41, 5.74) is -0.744. The van der Waals surface area contributed by atoms with Crippen molar-refractivity contribution in [2.24, 2.45) is 0 Å². The van der Waals surface area contributed by atoms with Crippen LogP contribution in [0.15, 0.2) is 16.5 Å². The van der Waals surface area contributed by atoms with Gasteiger partial charge in [-0.25, -0.2) is 0 Å². The molecule has 1 aliphatic rings. The molecule has 0 radical (unpaired) electrons. The average Bonchev–Trinajstić information content (AvgIpc) is 2.85. The molecule has 1 heterocycles. The molecule has 1 saturated carbocycles. The number of amides is 1. The summed E-state index contributed by atoms with van der Waals surface area (Å²) in [6, 6.07) is 3.02.